The summed E-state index contributed by atoms with van der Waals surface area (Å²) in [6.07, 6.45) is 5.12. The molecule has 0 aliphatic carbocycles. The third-order valence-corrected chi connectivity index (χ3v) is 4.89. The number of benzene rings is 1. The van der Waals surface area contributed by atoms with E-state index in [1.165, 1.54) is 48.8 Å². The lowest BCUT2D eigenvalue weighted by molar-refractivity contribution is 0.237. The van der Waals surface area contributed by atoms with E-state index in [0.29, 0.717) is 6.04 Å². The Kier molecular flexibility index (Phi) is 7.00. The Hall–Kier alpha value is -0.580. The highest BCUT2D eigenvalue weighted by Crippen LogP contribution is 2.24. The van der Waals surface area contributed by atoms with Crippen molar-refractivity contribution < 1.29 is 4.74 Å². The van der Waals surface area contributed by atoms with Gasteiger partial charge in [0, 0.05) is 23.6 Å². The molecule has 1 aromatic carbocycles. The minimum Gasteiger partial charge on any atom is -0.497 e. The molecule has 21 heavy (non-hydrogen) atoms. The molecule has 4 heteroatoms. The molecular weight excluding hydrogens is 328 g/mol. The summed E-state index contributed by atoms with van der Waals surface area (Å²) in [5.41, 5.74) is 1.31. The molecule has 1 atom stereocenters. The van der Waals surface area contributed by atoms with Gasteiger partial charge in [0.1, 0.15) is 5.75 Å². The van der Waals surface area contributed by atoms with E-state index in [4.69, 9.17) is 4.74 Å². The molecule has 1 aliphatic rings. The number of unbranched alkanes of at least 4 members (excludes halogenated alkanes) is 1. The second-order valence-electron chi connectivity index (χ2n) is 5.84. The van der Waals surface area contributed by atoms with E-state index in [1.807, 2.05) is 6.07 Å². The Bertz CT molecular complexity index is 433. The van der Waals surface area contributed by atoms with Crippen LogP contribution in [0.1, 0.15) is 38.2 Å². The fourth-order valence-corrected chi connectivity index (χ4v) is 3.25. The molecule has 1 aliphatic heterocycles. The van der Waals surface area contributed by atoms with E-state index in [-0.39, 0.29) is 0 Å². The van der Waals surface area contributed by atoms with Gasteiger partial charge in [-0.3, -0.25) is 4.90 Å². The number of hydrogen-bond acceptors (Lipinski definition) is 3. The van der Waals surface area contributed by atoms with Gasteiger partial charge >= 0.3 is 0 Å². The fraction of sp³-hybridized carbons (Fsp3) is 0.647. The van der Waals surface area contributed by atoms with E-state index in [9.17, 15) is 0 Å². The molecule has 0 radical (unpaired) electrons. The molecule has 1 fully saturated rings. The van der Waals surface area contributed by atoms with Crippen molar-refractivity contribution in [2.45, 2.75) is 45.2 Å². The number of nitrogens with one attached hydrogen (secondary N) is 1. The minimum absolute atomic E-state index is 0.659. The van der Waals surface area contributed by atoms with Crippen molar-refractivity contribution in [3.8, 4) is 5.75 Å². The van der Waals surface area contributed by atoms with Gasteiger partial charge in [-0.25, -0.2) is 0 Å². The van der Waals surface area contributed by atoms with Crippen molar-refractivity contribution in [3.63, 3.8) is 0 Å². The Labute approximate surface area is 137 Å². The summed E-state index contributed by atoms with van der Waals surface area (Å²) in [7, 11) is 1.73. The van der Waals surface area contributed by atoms with Crippen LogP contribution < -0.4 is 10.1 Å². The molecule has 3 nitrogen and oxygen atoms in total. The molecule has 1 unspecified atom stereocenters. The van der Waals surface area contributed by atoms with Crippen LogP contribution in [0.15, 0.2) is 22.7 Å². The molecule has 1 N–H and O–H groups in total. The molecular formula is C17H27BrN2O. The van der Waals surface area contributed by atoms with Crippen LogP contribution in [0.5, 0.6) is 5.75 Å². The van der Waals surface area contributed by atoms with E-state index < -0.39 is 0 Å². The Morgan fingerprint density at radius 3 is 2.95 bits per heavy atom. The Morgan fingerprint density at radius 1 is 1.43 bits per heavy atom. The largest absolute Gasteiger partial charge is 0.497 e. The predicted molar refractivity (Wildman–Crippen MR) is 91.9 cm³/mol. The maximum Gasteiger partial charge on any atom is 0.119 e. The van der Waals surface area contributed by atoms with Crippen LogP contribution in [-0.4, -0.2) is 37.7 Å². The van der Waals surface area contributed by atoms with Crippen LogP contribution in [0.25, 0.3) is 0 Å². The lowest BCUT2D eigenvalue weighted by Gasteiger charge is -2.26. The molecule has 0 amide bonds. The smallest absolute Gasteiger partial charge is 0.119 e. The number of ether oxygens (including phenoxy) is 1. The minimum atomic E-state index is 0.659. The maximum atomic E-state index is 5.35. The van der Waals surface area contributed by atoms with Crippen LogP contribution in [0.3, 0.4) is 0 Å². The average molecular weight is 355 g/mol. The first-order valence-electron chi connectivity index (χ1n) is 8.01. The highest BCUT2D eigenvalue weighted by molar-refractivity contribution is 9.10. The summed E-state index contributed by atoms with van der Waals surface area (Å²) in [6, 6.07) is 6.89. The monoisotopic (exact) mass is 354 g/mol. The first kappa shape index (κ1) is 16.8. The van der Waals surface area contributed by atoms with E-state index in [0.717, 1.165) is 18.8 Å². The molecule has 2 rings (SSSR count). The SMILES string of the molecule is CCCCN(Cc1cc(OC)ccc1Br)CC1CCCN1. The van der Waals surface area contributed by atoms with Gasteiger partial charge in [-0.05, 0) is 56.1 Å². The van der Waals surface area contributed by atoms with Gasteiger partial charge in [-0.2, -0.15) is 0 Å². The van der Waals surface area contributed by atoms with Crippen LogP contribution in [-0.2, 0) is 6.54 Å². The number of nitrogens with zero attached hydrogens (tertiary/aromatic N) is 1. The summed E-state index contributed by atoms with van der Waals surface area (Å²) in [5.74, 6) is 0.933. The van der Waals surface area contributed by atoms with Gasteiger partial charge in [0.05, 0.1) is 7.11 Å². The molecule has 0 aromatic heterocycles. The van der Waals surface area contributed by atoms with Crippen molar-refractivity contribution in [2.75, 3.05) is 26.7 Å². The second kappa shape index (κ2) is 8.76. The first-order valence-corrected chi connectivity index (χ1v) is 8.80. The van der Waals surface area contributed by atoms with Crippen molar-refractivity contribution >= 4 is 15.9 Å². The zero-order chi connectivity index (χ0) is 15.1. The summed E-state index contributed by atoms with van der Waals surface area (Å²) >= 11 is 3.67. The molecule has 0 bridgehead atoms. The number of hydrogen-bond donors (Lipinski definition) is 1. The molecule has 1 aromatic rings. The first-order chi connectivity index (χ1) is 10.2. The lowest BCUT2D eigenvalue weighted by atomic mass is 10.1. The van der Waals surface area contributed by atoms with Crippen LogP contribution in [0, 0.1) is 0 Å². The van der Waals surface area contributed by atoms with Crippen LogP contribution in [0.4, 0.5) is 0 Å². The van der Waals surface area contributed by atoms with Gasteiger partial charge in [0.15, 0.2) is 0 Å². The zero-order valence-corrected chi connectivity index (χ0v) is 14.8. The molecule has 118 valence electrons. The topological polar surface area (TPSA) is 24.5 Å². The number of methoxy groups -OCH3 is 1. The molecule has 0 saturated carbocycles. The molecule has 0 spiro atoms. The average Bonchev–Trinajstić information content (AvgIpc) is 3.00. The predicted octanol–water partition coefficient (Wildman–Crippen LogP) is 3.81. The highest BCUT2D eigenvalue weighted by Gasteiger charge is 2.18. The standard InChI is InChI=1S/C17H27BrN2O/c1-3-4-10-20(13-15-6-5-9-19-15)12-14-11-16(21-2)7-8-17(14)18/h7-8,11,15,19H,3-6,9-10,12-13H2,1-2H3. The van der Waals surface area contributed by atoms with Crippen molar-refractivity contribution in [1.82, 2.24) is 10.2 Å². The number of halogens is 1. The van der Waals surface area contributed by atoms with Crippen molar-refractivity contribution in [2.24, 2.45) is 0 Å². The van der Waals surface area contributed by atoms with Gasteiger partial charge in [0.25, 0.3) is 0 Å². The van der Waals surface area contributed by atoms with E-state index >= 15 is 0 Å². The van der Waals surface area contributed by atoms with Gasteiger partial charge in [0.2, 0.25) is 0 Å². The third kappa shape index (κ3) is 5.28. The Balaban J connectivity index is 2.02. The van der Waals surface area contributed by atoms with Crippen LogP contribution >= 0.6 is 15.9 Å². The summed E-state index contributed by atoms with van der Waals surface area (Å²) in [4.78, 5) is 2.58. The van der Waals surface area contributed by atoms with Crippen molar-refractivity contribution in [1.29, 1.82) is 0 Å². The summed E-state index contributed by atoms with van der Waals surface area (Å²) in [6.45, 7) is 6.72. The normalized spacial score (nSPS) is 18.4. The third-order valence-electron chi connectivity index (χ3n) is 4.12. The molecule has 1 heterocycles. The lowest BCUT2D eigenvalue weighted by Crippen LogP contribution is -2.37. The molecule has 1 saturated heterocycles. The number of rotatable bonds is 8. The van der Waals surface area contributed by atoms with Gasteiger partial charge < -0.3 is 10.1 Å². The maximum absolute atomic E-state index is 5.35. The van der Waals surface area contributed by atoms with Gasteiger partial charge in [-0.1, -0.05) is 29.3 Å². The summed E-state index contributed by atoms with van der Waals surface area (Å²) in [5, 5.41) is 3.61. The highest BCUT2D eigenvalue weighted by atomic mass is 79.9. The second-order valence-corrected chi connectivity index (χ2v) is 6.69. The van der Waals surface area contributed by atoms with Gasteiger partial charge in [-0.15, -0.1) is 0 Å². The summed E-state index contributed by atoms with van der Waals surface area (Å²) < 4.78 is 6.52. The Morgan fingerprint density at radius 2 is 2.29 bits per heavy atom. The van der Waals surface area contributed by atoms with E-state index in [2.05, 4.69) is 45.2 Å². The zero-order valence-electron chi connectivity index (χ0n) is 13.2. The van der Waals surface area contributed by atoms with Crippen molar-refractivity contribution in [3.05, 3.63) is 28.2 Å². The van der Waals surface area contributed by atoms with Crippen LogP contribution in [0.2, 0.25) is 0 Å². The quantitative estimate of drug-likeness (QED) is 0.767. The van der Waals surface area contributed by atoms with E-state index in [1.54, 1.807) is 7.11 Å². The fourth-order valence-electron chi connectivity index (χ4n) is 2.88.